The van der Waals surface area contributed by atoms with Crippen molar-refractivity contribution < 1.29 is 19.1 Å². The molecule has 3 amide bonds. The van der Waals surface area contributed by atoms with E-state index in [4.69, 9.17) is 4.74 Å². The maximum Gasteiger partial charge on any atom is 0.337 e. The lowest BCUT2D eigenvalue weighted by Crippen LogP contribution is -2.56. The minimum Gasteiger partial charge on any atom is -0.465 e. The van der Waals surface area contributed by atoms with Crippen molar-refractivity contribution in [3.8, 4) is 0 Å². The Morgan fingerprint density at radius 2 is 1.89 bits per heavy atom. The quantitative estimate of drug-likeness (QED) is 0.412. The molecule has 1 unspecified atom stereocenters. The average Bonchev–Trinajstić information content (AvgIpc) is 3.45. The number of nitrogens with one attached hydrogen (secondary N) is 1. The normalized spacial score (nSPS) is 21.5. The van der Waals surface area contributed by atoms with Crippen molar-refractivity contribution in [1.82, 2.24) is 15.1 Å². The first kappa shape index (κ1) is 25.4. The molecular weight excluding hydrogens is 462 g/mol. The molecule has 35 heavy (non-hydrogen) atoms. The molecule has 1 aromatic heterocycles. The molecule has 2 aliphatic heterocycles. The minimum absolute atomic E-state index is 0.0513. The van der Waals surface area contributed by atoms with Gasteiger partial charge in [0.05, 0.1) is 12.7 Å². The van der Waals surface area contributed by atoms with E-state index in [0.29, 0.717) is 30.9 Å². The van der Waals surface area contributed by atoms with Crippen LogP contribution in [0.5, 0.6) is 0 Å². The summed E-state index contributed by atoms with van der Waals surface area (Å²) in [6, 6.07) is 11.3. The number of imide groups is 1. The van der Waals surface area contributed by atoms with E-state index in [1.54, 1.807) is 23.5 Å². The number of methoxy groups -OCH3 is 1. The van der Waals surface area contributed by atoms with Gasteiger partial charge in [0, 0.05) is 18.0 Å². The number of carbonyl (C=O) groups is 3. The Labute approximate surface area is 211 Å². The predicted octanol–water partition coefficient (Wildman–Crippen LogP) is 4.33. The molecule has 7 nitrogen and oxygen atoms in total. The van der Waals surface area contributed by atoms with Crippen LogP contribution in [0, 0.1) is 11.8 Å². The Balaban J connectivity index is 1.40. The summed E-state index contributed by atoms with van der Waals surface area (Å²) < 4.78 is 4.77. The van der Waals surface area contributed by atoms with Gasteiger partial charge in [-0.15, -0.1) is 11.3 Å². The predicted molar refractivity (Wildman–Crippen MR) is 136 cm³/mol. The van der Waals surface area contributed by atoms with E-state index >= 15 is 0 Å². The van der Waals surface area contributed by atoms with Crippen LogP contribution in [0.3, 0.4) is 0 Å². The maximum absolute atomic E-state index is 13.7. The number of nitrogens with zero attached hydrogens (tertiary/aromatic N) is 2. The van der Waals surface area contributed by atoms with Gasteiger partial charge in [0.15, 0.2) is 0 Å². The fourth-order valence-electron chi connectivity index (χ4n) is 5.46. The zero-order valence-corrected chi connectivity index (χ0v) is 21.6. The van der Waals surface area contributed by atoms with Crippen LogP contribution < -0.4 is 5.32 Å². The van der Waals surface area contributed by atoms with Gasteiger partial charge in [-0.05, 0) is 79.8 Å². The van der Waals surface area contributed by atoms with Crippen molar-refractivity contribution >= 4 is 29.2 Å². The van der Waals surface area contributed by atoms with Crippen LogP contribution in [0.4, 0.5) is 4.79 Å². The van der Waals surface area contributed by atoms with Gasteiger partial charge in [0.2, 0.25) is 0 Å². The lowest BCUT2D eigenvalue weighted by Gasteiger charge is -2.41. The summed E-state index contributed by atoms with van der Waals surface area (Å²) in [5.74, 6) is 0.0269. The maximum atomic E-state index is 13.7. The van der Waals surface area contributed by atoms with Crippen LogP contribution >= 0.6 is 11.3 Å². The fraction of sp³-hybridized carbons (Fsp3) is 0.519. The standard InChI is InChI=1S/C27H35N3O4S/c1-19(2)17-27(25(32)30(26(33)28-27)15-12-23-5-4-16-35-23)22-10-13-29(14-11-22)18-20-6-8-21(9-7-20)24(31)34-3/h4-9,16,19,22H,10-15,17-18H2,1-3H3,(H,28,33). The molecule has 0 radical (unpaired) electrons. The summed E-state index contributed by atoms with van der Waals surface area (Å²) in [6.45, 7) is 7.17. The number of benzene rings is 1. The number of ether oxygens (including phenoxy) is 1. The van der Waals surface area contributed by atoms with Gasteiger partial charge in [0.25, 0.3) is 5.91 Å². The van der Waals surface area contributed by atoms with Crippen molar-refractivity contribution in [3.63, 3.8) is 0 Å². The number of esters is 1. The van der Waals surface area contributed by atoms with Crippen LogP contribution in [0.25, 0.3) is 0 Å². The Morgan fingerprint density at radius 1 is 1.17 bits per heavy atom. The molecule has 2 fully saturated rings. The van der Waals surface area contributed by atoms with E-state index in [9.17, 15) is 14.4 Å². The summed E-state index contributed by atoms with van der Waals surface area (Å²) in [6.07, 6.45) is 3.07. The first-order valence-electron chi connectivity index (χ1n) is 12.4. The molecule has 0 aliphatic carbocycles. The third-order valence-corrected chi connectivity index (χ3v) is 8.10. The molecule has 188 valence electrons. The second-order valence-corrected chi connectivity index (χ2v) is 11.1. The SMILES string of the molecule is COC(=O)c1ccc(CN2CCC(C3(CC(C)C)NC(=O)N(CCc4cccs4)C3=O)CC2)cc1. The van der Waals surface area contributed by atoms with Crippen molar-refractivity contribution in [2.75, 3.05) is 26.7 Å². The minimum atomic E-state index is -0.811. The number of thiophene rings is 1. The van der Waals surface area contributed by atoms with Crippen molar-refractivity contribution in [3.05, 3.63) is 57.8 Å². The van der Waals surface area contributed by atoms with Crippen LogP contribution in [0.15, 0.2) is 41.8 Å². The van der Waals surface area contributed by atoms with Crippen molar-refractivity contribution in [2.24, 2.45) is 11.8 Å². The Morgan fingerprint density at radius 3 is 2.49 bits per heavy atom. The van der Waals surface area contributed by atoms with Gasteiger partial charge in [-0.3, -0.25) is 14.6 Å². The largest absolute Gasteiger partial charge is 0.465 e. The number of hydrogen-bond acceptors (Lipinski definition) is 6. The molecular formula is C27H35N3O4S. The molecule has 1 aromatic carbocycles. The molecule has 3 heterocycles. The monoisotopic (exact) mass is 497 g/mol. The number of piperidine rings is 1. The fourth-order valence-corrected chi connectivity index (χ4v) is 6.15. The summed E-state index contributed by atoms with van der Waals surface area (Å²) >= 11 is 1.65. The van der Waals surface area contributed by atoms with E-state index in [0.717, 1.165) is 38.0 Å². The van der Waals surface area contributed by atoms with Crippen LogP contribution in [-0.4, -0.2) is 60.0 Å². The van der Waals surface area contributed by atoms with Gasteiger partial charge in [0.1, 0.15) is 5.54 Å². The average molecular weight is 498 g/mol. The number of amides is 3. The zero-order valence-electron chi connectivity index (χ0n) is 20.8. The lowest BCUT2D eigenvalue weighted by atomic mass is 9.73. The second kappa shape index (κ2) is 10.9. The van der Waals surface area contributed by atoms with Gasteiger partial charge in [-0.2, -0.15) is 0 Å². The van der Waals surface area contributed by atoms with E-state index in [2.05, 4.69) is 24.1 Å². The van der Waals surface area contributed by atoms with E-state index in [-0.39, 0.29) is 23.8 Å². The van der Waals surface area contributed by atoms with Crippen LogP contribution in [0.2, 0.25) is 0 Å². The Kier molecular flexibility index (Phi) is 7.91. The number of hydrogen-bond donors (Lipinski definition) is 1. The molecule has 2 aliphatic rings. The first-order chi connectivity index (χ1) is 16.8. The molecule has 0 spiro atoms. The van der Waals surface area contributed by atoms with Gasteiger partial charge in [-0.25, -0.2) is 9.59 Å². The highest BCUT2D eigenvalue weighted by Gasteiger charge is 2.55. The lowest BCUT2D eigenvalue weighted by molar-refractivity contribution is -0.134. The number of urea groups is 1. The number of rotatable bonds is 9. The number of likely N-dealkylation sites (tertiary alicyclic amines) is 1. The third kappa shape index (κ3) is 5.59. The number of carbonyl (C=O) groups excluding carboxylic acids is 3. The summed E-state index contributed by atoms with van der Waals surface area (Å²) in [5, 5.41) is 5.18. The van der Waals surface area contributed by atoms with Crippen molar-refractivity contribution in [2.45, 2.75) is 51.6 Å². The summed E-state index contributed by atoms with van der Waals surface area (Å²) in [4.78, 5) is 43.3. The van der Waals surface area contributed by atoms with E-state index in [1.807, 2.05) is 29.6 Å². The first-order valence-corrected chi connectivity index (χ1v) is 13.3. The molecule has 0 saturated carbocycles. The summed E-state index contributed by atoms with van der Waals surface area (Å²) in [7, 11) is 1.38. The zero-order chi connectivity index (χ0) is 25.0. The molecule has 2 saturated heterocycles. The van der Waals surface area contributed by atoms with Crippen LogP contribution in [0.1, 0.15) is 53.9 Å². The van der Waals surface area contributed by atoms with Gasteiger partial charge < -0.3 is 10.1 Å². The van der Waals surface area contributed by atoms with Crippen molar-refractivity contribution in [1.29, 1.82) is 0 Å². The highest BCUT2D eigenvalue weighted by atomic mass is 32.1. The highest BCUT2D eigenvalue weighted by Crippen LogP contribution is 2.38. The van der Waals surface area contributed by atoms with E-state index in [1.165, 1.54) is 16.9 Å². The Hall–Kier alpha value is -2.71. The van der Waals surface area contributed by atoms with Crippen LogP contribution in [-0.2, 0) is 22.5 Å². The topological polar surface area (TPSA) is 79.0 Å². The third-order valence-electron chi connectivity index (χ3n) is 7.16. The van der Waals surface area contributed by atoms with Gasteiger partial charge in [-0.1, -0.05) is 32.0 Å². The highest BCUT2D eigenvalue weighted by molar-refractivity contribution is 7.09. The molecule has 8 heteroatoms. The smallest absolute Gasteiger partial charge is 0.337 e. The second-order valence-electron chi connectivity index (χ2n) is 10.0. The molecule has 4 rings (SSSR count). The molecule has 1 N–H and O–H groups in total. The Bertz CT molecular complexity index is 1030. The molecule has 1 atom stereocenters. The summed E-state index contributed by atoms with van der Waals surface area (Å²) in [5.41, 5.74) is 0.872. The molecule has 0 bridgehead atoms. The van der Waals surface area contributed by atoms with Gasteiger partial charge >= 0.3 is 12.0 Å². The molecule has 2 aromatic rings. The van der Waals surface area contributed by atoms with E-state index < -0.39 is 5.54 Å².